The summed E-state index contributed by atoms with van der Waals surface area (Å²) in [5.74, 6) is 2.71. The van der Waals surface area contributed by atoms with E-state index in [1.165, 1.54) is 12.8 Å². The van der Waals surface area contributed by atoms with Gasteiger partial charge in [0.05, 0.1) is 13.0 Å². The summed E-state index contributed by atoms with van der Waals surface area (Å²) >= 11 is 2.26. The number of carbonyl (C=O) groups is 1. The summed E-state index contributed by atoms with van der Waals surface area (Å²) in [5, 5.41) is 3.23. The van der Waals surface area contributed by atoms with Crippen molar-refractivity contribution >= 4 is 40.2 Å². The molecule has 202 valence electrons. The van der Waals surface area contributed by atoms with Crippen LogP contribution >= 0.6 is 28.5 Å². The average molecular weight is 640 g/mol. The Kier molecular flexibility index (Phi) is 9.97. The zero-order valence-corrected chi connectivity index (χ0v) is 25.5. The van der Waals surface area contributed by atoms with Crippen LogP contribution in [-0.2, 0) is 22.2 Å². The van der Waals surface area contributed by atoms with Gasteiger partial charge in [0.2, 0.25) is 5.91 Å². The van der Waals surface area contributed by atoms with Crippen molar-refractivity contribution in [2.75, 3.05) is 25.1 Å². The van der Waals surface area contributed by atoms with Gasteiger partial charge in [0.25, 0.3) is 0 Å². The van der Waals surface area contributed by atoms with E-state index in [-0.39, 0.29) is 24.1 Å². The van der Waals surface area contributed by atoms with E-state index in [2.05, 4.69) is 53.1 Å². The van der Waals surface area contributed by atoms with E-state index >= 15 is 0 Å². The van der Waals surface area contributed by atoms with Crippen molar-refractivity contribution in [2.24, 2.45) is 5.92 Å². The van der Waals surface area contributed by atoms with Crippen LogP contribution in [0.4, 0.5) is 5.82 Å². The van der Waals surface area contributed by atoms with Gasteiger partial charge in [-0.1, -0.05) is 27.2 Å². The Balaban J connectivity index is 1.52. The van der Waals surface area contributed by atoms with Crippen LogP contribution in [0.1, 0.15) is 70.6 Å². The van der Waals surface area contributed by atoms with Crippen LogP contribution in [-0.4, -0.2) is 52.7 Å². The fourth-order valence-corrected chi connectivity index (χ4v) is 7.21. The van der Waals surface area contributed by atoms with E-state index in [1.54, 1.807) is 6.20 Å². The number of nitrogens with one attached hydrogen (secondary N) is 1. The number of likely N-dealkylation sites (N-methyl/N-ethyl adjacent to an activating group) is 1. The molecule has 2 aromatic rings. The van der Waals surface area contributed by atoms with Crippen molar-refractivity contribution in [1.82, 2.24) is 20.3 Å². The second kappa shape index (κ2) is 13.0. The number of anilines is 1. The second-order valence-electron chi connectivity index (χ2n) is 10.3. The fraction of sp³-hybridized carbons (Fsp3) is 0.630. The number of fused-ring (bicyclic) bond motifs is 1. The number of pyridine rings is 1. The number of halogens is 1. The summed E-state index contributed by atoms with van der Waals surface area (Å²) in [6, 6.07) is 4.04. The van der Waals surface area contributed by atoms with Crippen LogP contribution in [0.25, 0.3) is 11.5 Å². The lowest BCUT2D eigenvalue weighted by Crippen LogP contribution is -2.42. The molecule has 2 heterocycles. The molecular weight excluding hydrogens is 600 g/mol. The third-order valence-electron chi connectivity index (χ3n) is 7.87. The van der Waals surface area contributed by atoms with E-state index < -0.39 is 0 Å². The van der Waals surface area contributed by atoms with Gasteiger partial charge in [0, 0.05) is 36.6 Å². The van der Waals surface area contributed by atoms with Gasteiger partial charge in [-0.15, -0.1) is 0 Å². The summed E-state index contributed by atoms with van der Waals surface area (Å²) in [4.78, 5) is 29.2. The van der Waals surface area contributed by atoms with E-state index in [9.17, 15) is 4.79 Å². The molecule has 0 spiro atoms. The van der Waals surface area contributed by atoms with Crippen molar-refractivity contribution in [3.8, 4) is 17.3 Å². The number of ether oxygens (including phenoxy) is 1. The van der Waals surface area contributed by atoms with Gasteiger partial charge >= 0.3 is 0 Å². The van der Waals surface area contributed by atoms with Gasteiger partial charge in [0.1, 0.15) is 29.5 Å². The molecule has 0 bridgehead atoms. The minimum absolute atomic E-state index is 0.0475. The normalized spacial score (nSPS) is 19.4. The van der Waals surface area contributed by atoms with Gasteiger partial charge in [-0.25, -0.2) is 9.97 Å². The molecule has 2 aromatic heterocycles. The topological polar surface area (TPSA) is 89.5 Å². The minimum Gasteiger partial charge on any atom is -0.490 e. The first-order valence-corrected chi connectivity index (χ1v) is 17.4. The van der Waals surface area contributed by atoms with Gasteiger partial charge in [0.15, 0.2) is 5.82 Å². The van der Waals surface area contributed by atoms with Gasteiger partial charge < -0.3 is 19.5 Å². The molecule has 2 aliphatic rings. The van der Waals surface area contributed by atoms with Gasteiger partial charge in [-0.05, 0) is 79.0 Å². The van der Waals surface area contributed by atoms with Gasteiger partial charge in [-0.3, -0.25) is 9.78 Å². The second-order valence-corrected chi connectivity index (χ2v) is 12.0. The molecule has 1 N–H and O–H groups in total. The predicted octanol–water partition coefficient (Wildman–Crippen LogP) is 5.67. The molecule has 0 aromatic carbocycles. The number of nitrogens with zero attached hydrogens (tertiary/aromatic N) is 4. The van der Waals surface area contributed by atoms with E-state index in [0.29, 0.717) is 30.5 Å². The molecule has 1 amide bonds. The summed E-state index contributed by atoms with van der Waals surface area (Å²) < 4.78 is 12.2. The molecule has 1 fully saturated rings. The molecule has 4 rings (SSSR count). The Morgan fingerprint density at radius 1 is 1.24 bits per heavy atom. The highest BCUT2D eigenvalue weighted by Gasteiger charge is 2.29. The molecule has 3 unspecified atom stereocenters. The van der Waals surface area contributed by atoms with E-state index in [4.69, 9.17) is 19.2 Å². The molecular formula is C27H39IN5O3P. The van der Waals surface area contributed by atoms with Crippen molar-refractivity contribution in [3.63, 3.8) is 0 Å². The summed E-state index contributed by atoms with van der Waals surface area (Å²) in [6.07, 6.45) is 9.83. The molecule has 2 aliphatic carbocycles. The number of aryl methyl sites for hydroxylation is 1. The lowest BCUT2D eigenvalue weighted by molar-refractivity contribution is -0.120. The molecule has 37 heavy (non-hydrogen) atoms. The van der Waals surface area contributed by atoms with Crippen LogP contribution in [0.3, 0.4) is 0 Å². The lowest BCUT2D eigenvalue weighted by Gasteiger charge is -2.30. The first-order valence-electron chi connectivity index (χ1n) is 13.4. The third kappa shape index (κ3) is 6.90. The van der Waals surface area contributed by atoms with Crippen LogP contribution in [0.2, 0.25) is 0 Å². The SMILES string of the molecule is CCC(CC)(COc1ccnc(-c2nc3c(c(N(C)CC(=O)NC4CCCC4C)n2)CCC3)c1)OPI. The standard InChI is InChI=1S/C27H39IN5O3P/c1-5-27(6-2,36-37-28)17-35-19-13-14-29-23(15-19)25-31-22-12-8-10-20(22)26(32-25)33(4)16-24(34)30-21-11-7-9-18(21)3/h13-15,18,21,37H,5-12,16-17H2,1-4H3,(H,30,34). The quantitative estimate of drug-likeness (QED) is 0.237. The lowest BCUT2D eigenvalue weighted by atomic mass is 9.99. The first kappa shape index (κ1) is 28.4. The van der Waals surface area contributed by atoms with Crippen LogP contribution in [0.5, 0.6) is 5.75 Å². The zero-order chi connectivity index (χ0) is 26.4. The maximum atomic E-state index is 12.8. The smallest absolute Gasteiger partial charge is 0.239 e. The van der Waals surface area contributed by atoms with E-state index in [1.807, 2.05) is 24.1 Å². The molecule has 0 radical (unpaired) electrons. The maximum absolute atomic E-state index is 12.8. The maximum Gasteiger partial charge on any atom is 0.239 e. The Morgan fingerprint density at radius 2 is 2.05 bits per heavy atom. The number of carbonyl (C=O) groups excluding carboxylic acids is 1. The Hall–Kier alpha value is -1.58. The van der Waals surface area contributed by atoms with Crippen molar-refractivity contribution in [2.45, 2.75) is 83.8 Å². The number of amides is 1. The molecule has 8 nitrogen and oxygen atoms in total. The summed E-state index contributed by atoms with van der Waals surface area (Å²) in [6.45, 7) is 7.62. The van der Waals surface area contributed by atoms with Gasteiger partial charge in [-0.2, -0.15) is 0 Å². The van der Waals surface area contributed by atoms with Crippen LogP contribution in [0.15, 0.2) is 18.3 Å². The Labute approximate surface area is 235 Å². The highest BCUT2D eigenvalue weighted by molar-refractivity contribution is 14.2. The number of hydrogen-bond donors (Lipinski definition) is 1. The Morgan fingerprint density at radius 3 is 2.76 bits per heavy atom. The molecule has 0 saturated heterocycles. The van der Waals surface area contributed by atoms with Crippen LogP contribution in [0, 0.1) is 5.92 Å². The number of hydrogen-bond acceptors (Lipinski definition) is 7. The Bertz CT molecular complexity index is 1080. The molecule has 1 saturated carbocycles. The number of rotatable bonds is 12. The largest absolute Gasteiger partial charge is 0.490 e. The fourth-order valence-electron chi connectivity index (χ4n) is 5.29. The van der Waals surface area contributed by atoms with Crippen LogP contribution < -0.4 is 15.0 Å². The first-order chi connectivity index (χ1) is 17.9. The predicted molar refractivity (Wildman–Crippen MR) is 158 cm³/mol. The highest BCUT2D eigenvalue weighted by atomic mass is 127. The molecule has 3 atom stereocenters. The van der Waals surface area contributed by atoms with Crippen molar-refractivity contribution in [3.05, 3.63) is 29.6 Å². The minimum atomic E-state index is -0.292. The van der Waals surface area contributed by atoms with Crippen molar-refractivity contribution < 1.29 is 14.1 Å². The van der Waals surface area contributed by atoms with Crippen molar-refractivity contribution in [1.29, 1.82) is 0 Å². The third-order valence-corrected chi connectivity index (χ3v) is 9.04. The zero-order valence-electron chi connectivity index (χ0n) is 22.3. The monoisotopic (exact) mass is 639 g/mol. The van der Waals surface area contributed by atoms with E-state index in [0.717, 1.165) is 61.3 Å². The number of aromatic nitrogens is 3. The molecule has 10 heteroatoms. The highest BCUT2D eigenvalue weighted by Crippen LogP contribution is 2.35. The molecule has 0 aliphatic heterocycles. The average Bonchev–Trinajstić information content (AvgIpc) is 3.54. The summed E-state index contributed by atoms with van der Waals surface area (Å²) in [5.41, 5.74) is 2.58. The summed E-state index contributed by atoms with van der Waals surface area (Å²) in [7, 11) is 1.94.